The monoisotopic (exact) mass is 256 g/mol. The van der Waals surface area contributed by atoms with Crippen LogP contribution >= 0.6 is 0 Å². The summed E-state index contributed by atoms with van der Waals surface area (Å²) in [5.74, 6) is 1.81. The van der Waals surface area contributed by atoms with Crippen molar-refractivity contribution in [3.8, 4) is 22.6 Å². The highest BCUT2D eigenvalue weighted by Crippen LogP contribution is 2.24. The first-order valence-electron chi connectivity index (χ1n) is 6.71. The van der Waals surface area contributed by atoms with Crippen LogP contribution in [0.1, 0.15) is 19.8 Å². The molecule has 0 amide bonds. The van der Waals surface area contributed by atoms with Crippen molar-refractivity contribution in [3.63, 3.8) is 0 Å². The van der Waals surface area contributed by atoms with E-state index in [0.29, 0.717) is 0 Å². The van der Waals surface area contributed by atoms with Gasteiger partial charge in [0.1, 0.15) is 11.5 Å². The first-order chi connectivity index (χ1) is 9.33. The van der Waals surface area contributed by atoms with E-state index < -0.39 is 0 Å². The molecule has 2 rings (SSSR count). The van der Waals surface area contributed by atoms with Gasteiger partial charge in [-0.2, -0.15) is 0 Å². The summed E-state index contributed by atoms with van der Waals surface area (Å²) in [6, 6.07) is 16.3. The van der Waals surface area contributed by atoms with Gasteiger partial charge in [-0.25, -0.2) is 0 Å². The largest absolute Gasteiger partial charge is 0.497 e. The van der Waals surface area contributed by atoms with Crippen LogP contribution in [-0.4, -0.2) is 13.7 Å². The predicted octanol–water partition coefficient (Wildman–Crippen LogP) is 4.54. The highest BCUT2D eigenvalue weighted by Gasteiger charge is 1.99. The molecule has 0 saturated carbocycles. The maximum Gasteiger partial charge on any atom is 0.119 e. The fraction of sp³-hybridized carbons (Fsp3) is 0.294. The molecular weight excluding hydrogens is 236 g/mol. The number of ether oxygens (including phenoxy) is 2. The van der Waals surface area contributed by atoms with E-state index >= 15 is 0 Å². The lowest BCUT2D eigenvalue weighted by Gasteiger charge is -2.07. The van der Waals surface area contributed by atoms with Crippen molar-refractivity contribution in [1.29, 1.82) is 0 Å². The van der Waals surface area contributed by atoms with Crippen LogP contribution in [0.3, 0.4) is 0 Å². The fourth-order valence-electron chi connectivity index (χ4n) is 1.86. The minimum Gasteiger partial charge on any atom is -0.497 e. The van der Waals surface area contributed by atoms with E-state index in [0.717, 1.165) is 30.9 Å². The molecule has 0 aliphatic rings. The fourth-order valence-corrected chi connectivity index (χ4v) is 1.86. The second-order valence-corrected chi connectivity index (χ2v) is 4.45. The Bertz CT molecular complexity index is 486. The maximum absolute atomic E-state index is 5.65. The van der Waals surface area contributed by atoms with Gasteiger partial charge in [0.25, 0.3) is 0 Å². The third-order valence-corrected chi connectivity index (χ3v) is 3.04. The van der Waals surface area contributed by atoms with Gasteiger partial charge < -0.3 is 9.47 Å². The predicted molar refractivity (Wildman–Crippen MR) is 78.8 cm³/mol. The number of hydrogen-bond donors (Lipinski definition) is 0. The van der Waals surface area contributed by atoms with E-state index in [4.69, 9.17) is 9.47 Å². The Balaban J connectivity index is 2.04. The molecule has 19 heavy (non-hydrogen) atoms. The molecular formula is C17H20O2. The van der Waals surface area contributed by atoms with E-state index in [2.05, 4.69) is 31.2 Å². The molecule has 0 bridgehead atoms. The summed E-state index contributed by atoms with van der Waals surface area (Å²) in [7, 11) is 1.68. The van der Waals surface area contributed by atoms with Crippen molar-refractivity contribution in [1.82, 2.24) is 0 Å². The summed E-state index contributed by atoms with van der Waals surface area (Å²) in [5, 5.41) is 0. The molecule has 0 N–H and O–H groups in total. The molecule has 0 spiro atoms. The van der Waals surface area contributed by atoms with Gasteiger partial charge in [0, 0.05) is 0 Å². The normalized spacial score (nSPS) is 10.2. The Labute approximate surface area is 115 Å². The first-order valence-corrected chi connectivity index (χ1v) is 6.71. The van der Waals surface area contributed by atoms with Gasteiger partial charge in [0.2, 0.25) is 0 Å². The van der Waals surface area contributed by atoms with Crippen LogP contribution in [0.4, 0.5) is 0 Å². The molecule has 0 heterocycles. The quantitative estimate of drug-likeness (QED) is 0.706. The second kappa shape index (κ2) is 6.83. The average molecular weight is 256 g/mol. The zero-order valence-corrected chi connectivity index (χ0v) is 11.6. The molecule has 2 aromatic carbocycles. The van der Waals surface area contributed by atoms with Gasteiger partial charge in [0.15, 0.2) is 0 Å². The minimum absolute atomic E-state index is 0.790. The van der Waals surface area contributed by atoms with Crippen LogP contribution in [-0.2, 0) is 0 Å². The minimum atomic E-state index is 0.790. The highest BCUT2D eigenvalue weighted by atomic mass is 16.5. The maximum atomic E-state index is 5.65. The average Bonchev–Trinajstić information content (AvgIpc) is 2.48. The molecule has 2 heteroatoms. The molecule has 0 unspecified atom stereocenters. The van der Waals surface area contributed by atoms with E-state index in [1.165, 1.54) is 11.1 Å². The van der Waals surface area contributed by atoms with Gasteiger partial charge in [-0.15, -0.1) is 0 Å². The standard InChI is InChI=1S/C17H20O2/c1-3-4-13-19-17-11-7-15(8-12-17)14-5-9-16(18-2)10-6-14/h5-12H,3-4,13H2,1-2H3. The summed E-state index contributed by atoms with van der Waals surface area (Å²) < 4.78 is 10.8. The molecule has 2 aromatic rings. The van der Waals surface area contributed by atoms with E-state index in [1.54, 1.807) is 7.11 Å². The van der Waals surface area contributed by atoms with Crippen LogP contribution in [0.2, 0.25) is 0 Å². The van der Waals surface area contributed by atoms with Gasteiger partial charge >= 0.3 is 0 Å². The second-order valence-electron chi connectivity index (χ2n) is 4.45. The Morgan fingerprint density at radius 1 is 0.789 bits per heavy atom. The van der Waals surface area contributed by atoms with Crippen molar-refractivity contribution < 1.29 is 9.47 Å². The van der Waals surface area contributed by atoms with Crippen molar-refractivity contribution >= 4 is 0 Å². The van der Waals surface area contributed by atoms with Gasteiger partial charge in [0.05, 0.1) is 13.7 Å². The van der Waals surface area contributed by atoms with Crippen LogP contribution < -0.4 is 9.47 Å². The van der Waals surface area contributed by atoms with Crippen LogP contribution in [0.25, 0.3) is 11.1 Å². The summed E-state index contributed by atoms with van der Waals surface area (Å²) in [5.41, 5.74) is 2.37. The Kier molecular flexibility index (Phi) is 4.85. The number of hydrogen-bond acceptors (Lipinski definition) is 2. The SMILES string of the molecule is CCCCOc1ccc(-c2ccc(OC)cc2)cc1. The number of benzene rings is 2. The first kappa shape index (κ1) is 13.5. The Morgan fingerprint density at radius 2 is 1.32 bits per heavy atom. The molecule has 0 atom stereocenters. The molecule has 2 nitrogen and oxygen atoms in total. The third kappa shape index (κ3) is 3.75. The zero-order valence-electron chi connectivity index (χ0n) is 11.6. The summed E-state index contributed by atoms with van der Waals surface area (Å²) in [6.45, 7) is 2.95. The molecule has 0 aliphatic heterocycles. The molecule has 0 fully saturated rings. The third-order valence-electron chi connectivity index (χ3n) is 3.04. The van der Waals surface area contributed by atoms with Crippen molar-refractivity contribution in [2.45, 2.75) is 19.8 Å². The Hall–Kier alpha value is -1.96. The lowest BCUT2D eigenvalue weighted by molar-refractivity contribution is 0.309. The van der Waals surface area contributed by atoms with Crippen LogP contribution in [0.5, 0.6) is 11.5 Å². The van der Waals surface area contributed by atoms with Crippen LogP contribution in [0.15, 0.2) is 48.5 Å². The lowest BCUT2D eigenvalue weighted by atomic mass is 10.1. The molecule has 0 radical (unpaired) electrons. The number of methoxy groups -OCH3 is 1. The van der Waals surface area contributed by atoms with E-state index in [9.17, 15) is 0 Å². The van der Waals surface area contributed by atoms with E-state index in [-0.39, 0.29) is 0 Å². The van der Waals surface area contributed by atoms with Gasteiger partial charge in [-0.1, -0.05) is 37.6 Å². The molecule has 0 aliphatic carbocycles. The van der Waals surface area contributed by atoms with Crippen molar-refractivity contribution in [3.05, 3.63) is 48.5 Å². The molecule has 0 aromatic heterocycles. The zero-order chi connectivity index (χ0) is 13.5. The topological polar surface area (TPSA) is 18.5 Å². The highest BCUT2D eigenvalue weighted by molar-refractivity contribution is 5.64. The summed E-state index contributed by atoms with van der Waals surface area (Å²) >= 11 is 0. The smallest absolute Gasteiger partial charge is 0.119 e. The summed E-state index contributed by atoms with van der Waals surface area (Å²) in [6.07, 6.45) is 2.25. The number of unbranched alkanes of at least 4 members (excludes halogenated alkanes) is 1. The van der Waals surface area contributed by atoms with E-state index in [1.807, 2.05) is 24.3 Å². The van der Waals surface area contributed by atoms with Crippen molar-refractivity contribution in [2.24, 2.45) is 0 Å². The molecule has 0 saturated heterocycles. The Morgan fingerprint density at radius 3 is 1.79 bits per heavy atom. The lowest BCUT2D eigenvalue weighted by Crippen LogP contribution is -1.95. The van der Waals surface area contributed by atoms with Crippen molar-refractivity contribution in [2.75, 3.05) is 13.7 Å². The molecule has 100 valence electrons. The number of rotatable bonds is 6. The van der Waals surface area contributed by atoms with Crippen LogP contribution in [0, 0.1) is 0 Å². The van der Waals surface area contributed by atoms with Gasteiger partial charge in [-0.05, 0) is 41.8 Å². The summed E-state index contributed by atoms with van der Waals surface area (Å²) in [4.78, 5) is 0. The van der Waals surface area contributed by atoms with Gasteiger partial charge in [-0.3, -0.25) is 0 Å².